The topological polar surface area (TPSA) is 15.3 Å². The first kappa shape index (κ1) is 16.0. The molecule has 0 amide bonds. The average molecular weight is 312 g/mol. The summed E-state index contributed by atoms with van der Waals surface area (Å²) in [6, 6.07) is 16.0. The molecule has 0 aliphatic carbocycles. The van der Waals surface area contributed by atoms with Crippen molar-refractivity contribution in [2.75, 3.05) is 24.5 Å². The van der Waals surface area contributed by atoms with Crippen LogP contribution in [0.1, 0.15) is 30.4 Å². The minimum absolute atomic E-state index is 0.0973. The predicted octanol–water partition coefficient (Wildman–Crippen LogP) is 4.15. The Labute approximate surface area is 138 Å². The summed E-state index contributed by atoms with van der Waals surface area (Å²) in [6.07, 6.45) is 4.61. The largest absolute Gasteiger partial charge is 0.369 e. The summed E-state index contributed by atoms with van der Waals surface area (Å²) < 4.78 is 14.1. The maximum absolute atomic E-state index is 14.1. The monoisotopic (exact) mass is 312 g/mol. The van der Waals surface area contributed by atoms with E-state index in [9.17, 15) is 4.39 Å². The van der Waals surface area contributed by atoms with E-state index in [2.05, 4.69) is 34.5 Å². The highest BCUT2D eigenvalue weighted by molar-refractivity contribution is 5.50. The maximum Gasteiger partial charge on any atom is 0.146 e. The lowest BCUT2D eigenvalue weighted by atomic mass is 10.1. The average Bonchev–Trinajstić information content (AvgIpc) is 2.62. The zero-order valence-corrected chi connectivity index (χ0v) is 13.6. The minimum Gasteiger partial charge on any atom is -0.369 e. The van der Waals surface area contributed by atoms with Crippen LogP contribution in [0.3, 0.4) is 0 Å². The van der Waals surface area contributed by atoms with Crippen LogP contribution < -0.4 is 10.2 Å². The molecule has 1 saturated heterocycles. The molecular weight excluding hydrogens is 287 g/mol. The van der Waals surface area contributed by atoms with Crippen molar-refractivity contribution >= 4 is 5.69 Å². The number of benzene rings is 2. The lowest BCUT2D eigenvalue weighted by Gasteiger charge is -2.29. The van der Waals surface area contributed by atoms with E-state index in [1.165, 1.54) is 24.8 Å². The molecule has 1 aliphatic heterocycles. The van der Waals surface area contributed by atoms with Crippen LogP contribution in [0.15, 0.2) is 48.5 Å². The third-order valence-corrected chi connectivity index (χ3v) is 4.47. The first-order chi connectivity index (χ1) is 11.3. The van der Waals surface area contributed by atoms with Crippen molar-refractivity contribution in [2.45, 2.75) is 32.2 Å². The fourth-order valence-corrected chi connectivity index (χ4v) is 3.16. The molecule has 0 spiro atoms. The van der Waals surface area contributed by atoms with Crippen LogP contribution in [0.4, 0.5) is 10.1 Å². The summed E-state index contributed by atoms with van der Waals surface area (Å²) in [5.41, 5.74) is 3.26. The van der Waals surface area contributed by atoms with Gasteiger partial charge in [0.2, 0.25) is 0 Å². The van der Waals surface area contributed by atoms with Gasteiger partial charge >= 0.3 is 0 Å². The SMILES string of the molecule is Fc1ccc(CNCCc2ccccc2)cc1N1CCCCC1. The van der Waals surface area contributed by atoms with Gasteiger partial charge in [-0.25, -0.2) is 4.39 Å². The number of nitrogens with one attached hydrogen (secondary N) is 1. The van der Waals surface area contributed by atoms with Crippen LogP contribution in [-0.2, 0) is 13.0 Å². The first-order valence-electron chi connectivity index (χ1n) is 8.61. The number of hydrogen-bond acceptors (Lipinski definition) is 2. The van der Waals surface area contributed by atoms with Gasteiger partial charge in [0.15, 0.2) is 0 Å². The highest BCUT2D eigenvalue weighted by Gasteiger charge is 2.15. The molecule has 2 aromatic carbocycles. The molecule has 23 heavy (non-hydrogen) atoms. The number of anilines is 1. The van der Waals surface area contributed by atoms with Crippen molar-refractivity contribution < 1.29 is 4.39 Å². The van der Waals surface area contributed by atoms with Crippen LogP contribution in [0.25, 0.3) is 0 Å². The van der Waals surface area contributed by atoms with Crippen LogP contribution in [0, 0.1) is 5.82 Å². The molecule has 1 N–H and O–H groups in total. The normalized spacial score (nSPS) is 14.9. The molecule has 0 radical (unpaired) electrons. The first-order valence-corrected chi connectivity index (χ1v) is 8.61. The van der Waals surface area contributed by atoms with Gasteiger partial charge in [-0.1, -0.05) is 36.4 Å². The van der Waals surface area contributed by atoms with Crippen molar-refractivity contribution in [3.05, 3.63) is 65.5 Å². The molecule has 1 aliphatic rings. The van der Waals surface area contributed by atoms with Gasteiger partial charge in [0.25, 0.3) is 0 Å². The highest BCUT2D eigenvalue weighted by Crippen LogP contribution is 2.24. The van der Waals surface area contributed by atoms with Gasteiger partial charge in [0, 0.05) is 19.6 Å². The molecule has 2 nitrogen and oxygen atoms in total. The Morgan fingerprint density at radius 3 is 2.48 bits per heavy atom. The van der Waals surface area contributed by atoms with E-state index < -0.39 is 0 Å². The highest BCUT2D eigenvalue weighted by atomic mass is 19.1. The van der Waals surface area contributed by atoms with Crippen LogP contribution in [0.5, 0.6) is 0 Å². The summed E-state index contributed by atoms with van der Waals surface area (Å²) in [4.78, 5) is 2.19. The zero-order valence-electron chi connectivity index (χ0n) is 13.6. The number of rotatable bonds is 6. The molecule has 0 bridgehead atoms. The van der Waals surface area contributed by atoms with Crippen LogP contribution in [-0.4, -0.2) is 19.6 Å². The summed E-state index contributed by atoms with van der Waals surface area (Å²) in [6.45, 7) is 3.66. The fraction of sp³-hybridized carbons (Fsp3) is 0.400. The second kappa shape index (κ2) is 8.11. The molecule has 2 aromatic rings. The summed E-state index contributed by atoms with van der Waals surface area (Å²) in [7, 11) is 0. The molecule has 1 fully saturated rings. The molecule has 3 heteroatoms. The number of hydrogen-bond donors (Lipinski definition) is 1. The lowest BCUT2D eigenvalue weighted by Crippen LogP contribution is -2.30. The smallest absolute Gasteiger partial charge is 0.146 e. The third-order valence-electron chi connectivity index (χ3n) is 4.47. The maximum atomic E-state index is 14.1. The van der Waals surface area contributed by atoms with E-state index >= 15 is 0 Å². The Morgan fingerprint density at radius 2 is 1.70 bits per heavy atom. The lowest BCUT2D eigenvalue weighted by molar-refractivity contribution is 0.556. The number of piperidine rings is 1. The zero-order chi connectivity index (χ0) is 15.9. The van der Waals surface area contributed by atoms with Gasteiger partial charge < -0.3 is 10.2 Å². The van der Waals surface area contributed by atoms with Gasteiger partial charge in [-0.2, -0.15) is 0 Å². The Bertz CT molecular complexity index is 606. The molecule has 0 unspecified atom stereocenters. The molecule has 3 rings (SSSR count). The van der Waals surface area contributed by atoms with Gasteiger partial charge in [0.05, 0.1) is 5.69 Å². The van der Waals surface area contributed by atoms with Crippen molar-refractivity contribution in [3.8, 4) is 0 Å². The van der Waals surface area contributed by atoms with E-state index in [0.717, 1.165) is 43.9 Å². The standard InChI is InChI=1S/C20H25FN2/c21-19-10-9-18(15-20(19)23-13-5-2-6-14-23)16-22-12-11-17-7-3-1-4-8-17/h1,3-4,7-10,15,22H,2,5-6,11-14,16H2. The second-order valence-corrected chi connectivity index (χ2v) is 6.25. The summed E-state index contributed by atoms with van der Waals surface area (Å²) in [5, 5.41) is 3.46. The van der Waals surface area contributed by atoms with Gasteiger partial charge in [-0.3, -0.25) is 0 Å². The van der Waals surface area contributed by atoms with E-state index in [1.54, 1.807) is 6.07 Å². The molecule has 1 heterocycles. The van der Waals surface area contributed by atoms with E-state index in [1.807, 2.05) is 18.2 Å². The molecule has 122 valence electrons. The van der Waals surface area contributed by atoms with E-state index in [4.69, 9.17) is 0 Å². The number of nitrogens with zero attached hydrogens (tertiary/aromatic N) is 1. The van der Waals surface area contributed by atoms with Gasteiger partial charge in [-0.05, 0) is 55.5 Å². The molecule has 0 atom stereocenters. The van der Waals surface area contributed by atoms with Crippen LogP contribution in [0.2, 0.25) is 0 Å². The van der Waals surface area contributed by atoms with Crippen molar-refractivity contribution in [2.24, 2.45) is 0 Å². The van der Waals surface area contributed by atoms with Crippen molar-refractivity contribution in [1.29, 1.82) is 0 Å². The minimum atomic E-state index is -0.0973. The number of halogens is 1. The summed E-state index contributed by atoms with van der Waals surface area (Å²) in [5.74, 6) is -0.0973. The van der Waals surface area contributed by atoms with Gasteiger partial charge in [-0.15, -0.1) is 0 Å². The van der Waals surface area contributed by atoms with Crippen molar-refractivity contribution in [1.82, 2.24) is 5.32 Å². The molecular formula is C20H25FN2. The van der Waals surface area contributed by atoms with E-state index in [0.29, 0.717) is 0 Å². The predicted molar refractivity (Wildman–Crippen MR) is 94.3 cm³/mol. The molecule has 0 saturated carbocycles. The van der Waals surface area contributed by atoms with Crippen molar-refractivity contribution in [3.63, 3.8) is 0 Å². The Morgan fingerprint density at radius 1 is 0.913 bits per heavy atom. The second-order valence-electron chi connectivity index (χ2n) is 6.25. The van der Waals surface area contributed by atoms with E-state index in [-0.39, 0.29) is 5.82 Å². The van der Waals surface area contributed by atoms with Gasteiger partial charge in [0.1, 0.15) is 5.82 Å². The summed E-state index contributed by atoms with van der Waals surface area (Å²) >= 11 is 0. The third kappa shape index (κ3) is 4.55. The Balaban J connectivity index is 1.53. The quantitative estimate of drug-likeness (QED) is 0.806. The molecule has 0 aromatic heterocycles. The van der Waals surface area contributed by atoms with Crippen LogP contribution >= 0.6 is 0 Å². The fourth-order valence-electron chi connectivity index (χ4n) is 3.16. The Hall–Kier alpha value is -1.87. The Kier molecular flexibility index (Phi) is 5.65.